The first kappa shape index (κ1) is 16.9. The summed E-state index contributed by atoms with van der Waals surface area (Å²) in [6, 6.07) is 15.4. The highest BCUT2D eigenvalue weighted by molar-refractivity contribution is 7.80. The fourth-order valence-electron chi connectivity index (χ4n) is 3.28. The molecule has 5 nitrogen and oxygen atoms in total. The van der Waals surface area contributed by atoms with E-state index >= 15 is 0 Å². The van der Waals surface area contributed by atoms with Crippen LogP contribution in [0.25, 0.3) is 0 Å². The third kappa shape index (κ3) is 2.91. The quantitative estimate of drug-likeness (QED) is 0.658. The van der Waals surface area contributed by atoms with E-state index in [2.05, 4.69) is 20.2 Å². The van der Waals surface area contributed by atoms with E-state index < -0.39 is 0 Å². The topological polar surface area (TPSA) is 53.2 Å². The van der Waals surface area contributed by atoms with Crippen LogP contribution in [0.1, 0.15) is 23.5 Å². The number of aromatic nitrogens is 2. The maximum absolute atomic E-state index is 6.35. The fourth-order valence-corrected chi connectivity index (χ4v) is 3.88. The van der Waals surface area contributed by atoms with Gasteiger partial charge >= 0.3 is 0 Å². The normalized spacial score (nSPS) is 19.5. The number of halogens is 1. The van der Waals surface area contributed by atoms with Gasteiger partial charge in [-0.3, -0.25) is 4.98 Å². The Morgan fingerprint density at radius 3 is 2.73 bits per heavy atom. The van der Waals surface area contributed by atoms with Crippen molar-refractivity contribution in [3.63, 3.8) is 0 Å². The Morgan fingerprint density at radius 1 is 1.19 bits per heavy atom. The first-order chi connectivity index (χ1) is 12.7. The van der Waals surface area contributed by atoms with E-state index in [4.69, 9.17) is 28.6 Å². The largest absolute Gasteiger partial charge is 0.495 e. The van der Waals surface area contributed by atoms with Gasteiger partial charge in [-0.2, -0.15) is 0 Å². The average molecular weight is 385 g/mol. The Morgan fingerprint density at radius 2 is 2.08 bits per heavy atom. The number of hydrogen-bond donors (Lipinski definition) is 2. The first-order valence-corrected chi connectivity index (χ1v) is 8.95. The monoisotopic (exact) mass is 384 g/mol. The molecule has 0 saturated carbocycles. The highest BCUT2D eigenvalue weighted by atomic mass is 35.5. The molecule has 0 unspecified atom stereocenters. The highest BCUT2D eigenvalue weighted by Gasteiger charge is 2.41. The van der Waals surface area contributed by atoms with Gasteiger partial charge in [-0.15, -0.1) is 0 Å². The van der Waals surface area contributed by atoms with Gasteiger partial charge in [0.25, 0.3) is 0 Å². The second-order valence-electron chi connectivity index (χ2n) is 5.94. The SMILES string of the molecule is COc1ccc(N2C(=S)N[C@@H](c3ccccn3)[C@@H]2c2ccc[nH]2)cc1Cl. The zero-order chi connectivity index (χ0) is 18.1. The number of aromatic amines is 1. The molecule has 0 bridgehead atoms. The van der Waals surface area contributed by atoms with Crippen molar-refractivity contribution in [3.8, 4) is 5.75 Å². The predicted molar refractivity (Wildman–Crippen MR) is 107 cm³/mol. The highest BCUT2D eigenvalue weighted by Crippen LogP contribution is 2.42. The molecule has 3 aromatic rings. The van der Waals surface area contributed by atoms with Gasteiger partial charge in [0.15, 0.2) is 5.11 Å². The molecule has 2 atom stereocenters. The van der Waals surface area contributed by atoms with Crippen molar-refractivity contribution in [2.24, 2.45) is 0 Å². The van der Waals surface area contributed by atoms with Gasteiger partial charge in [0.2, 0.25) is 0 Å². The lowest BCUT2D eigenvalue weighted by Crippen LogP contribution is -2.29. The Bertz CT molecular complexity index is 917. The van der Waals surface area contributed by atoms with E-state index in [0.717, 1.165) is 17.1 Å². The lowest BCUT2D eigenvalue weighted by atomic mass is 10.0. The van der Waals surface area contributed by atoms with Gasteiger partial charge in [-0.25, -0.2) is 0 Å². The summed E-state index contributed by atoms with van der Waals surface area (Å²) in [6.45, 7) is 0. The molecule has 0 aliphatic carbocycles. The number of nitrogens with zero attached hydrogens (tertiary/aromatic N) is 2. The molecule has 2 aromatic heterocycles. The van der Waals surface area contributed by atoms with Crippen LogP contribution in [0, 0.1) is 0 Å². The minimum absolute atomic E-state index is 0.0724. The zero-order valence-corrected chi connectivity index (χ0v) is 15.6. The summed E-state index contributed by atoms with van der Waals surface area (Å²) < 4.78 is 5.26. The van der Waals surface area contributed by atoms with Crippen LogP contribution in [-0.4, -0.2) is 22.2 Å². The fraction of sp³-hybridized carbons (Fsp3) is 0.158. The van der Waals surface area contributed by atoms with Gasteiger partial charge in [0.05, 0.1) is 23.9 Å². The lowest BCUT2D eigenvalue weighted by molar-refractivity contribution is 0.415. The molecule has 7 heteroatoms. The van der Waals surface area contributed by atoms with Crippen LogP contribution in [-0.2, 0) is 0 Å². The molecular weight excluding hydrogens is 368 g/mol. The Labute approximate surface area is 162 Å². The second kappa shape index (κ2) is 6.97. The van der Waals surface area contributed by atoms with E-state index in [-0.39, 0.29) is 12.1 Å². The Kier molecular flexibility index (Phi) is 4.53. The van der Waals surface area contributed by atoms with Gasteiger partial charge in [-0.05, 0) is 54.7 Å². The van der Waals surface area contributed by atoms with Crippen LogP contribution in [0.2, 0.25) is 5.02 Å². The summed E-state index contributed by atoms with van der Waals surface area (Å²) in [7, 11) is 1.60. The third-order valence-electron chi connectivity index (χ3n) is 4.45. The summed E-state index contributed by atoms with van der Waals surface area (Å²) in [5.41, 5.74) is 2.86. The molecule has 1 aromatic carbocycles. The molecule has 1 saturated heterocycles. The van der Waals surface area contributed by atoms with Crippen molar-refractivity contribution in [1.29, 1.82) is 0 Å². The third-order valence-corrected chi connectivity index (χ3v) is 5.06. The predicted octanol–water partition coefficient (Wildman–Crippen LogP) is 4.25. The van der Waals surface area contributed by atoms with Crippen molar-refractivity contribution < 1.29 is 4.74 Å². The summed E-state index contributed by atoms with van der Waals surface area (Å²) in [4.78, 5) is 9.89. The number of benzene rings is 1. The number of H-pyrrole nitrogens is 1. The molecule has 1 aliphatic rings. The van der Waals surface area contributed by atoms with Crippen LogP contribution in [0.15, 0.2) is 60.9 Å². The Hall–Kier alpha value is -2.57. The van der Waals surface area contributed by atoms with Gasteiger partial charge in [0.1, 0.15) is 11.8 Å². The van der Waals surface area contributed by atoms with E-state index in [1.54, 1.807) is 13.3 Å². The zero-order valence-electron chi connectivity index (χ0n) is 14.0. The molecular formula is C19H17ClN4OS. The van der Waals surface area contributed by atoms with Crippen LogP contribution in [0.5, 0.6) is 5.75 Å². The number of rotatable bonds is 4. The van der Waals surface area contributed by atoms with Crippen molar-refractivity contribution in [3.05, 3.63) is 77.3 Å². The maximum Gasteiger partial charge on any atom is 0.174 e. The maximum atomic E-state index is 6.35. The number of methoxy groups -OCH3 is 1. The molecule has 4 rings (SSSR count). The Balaban J connectivity index is 1.80. The van der Waals surface area contributed by atoms with Gasteiger partial charge < -0.3 is 19.9 Å². The van der Waals surface area contributed by atoms with Crippen molar-refractivity contribution in [2.45, 2.75) is 12.1 Å². The van der Waals surface area contributed by atoms with Crippen LogP contribution < -0.4 is 15.0 Å². The molecule has 0 amide bonds. The summed E-state index contributed by atoms with van der Waals surface area (Å²) in [6.07, 6.45) is 3.70. The number of thiocarbonyl (C=S) groups is 1. The van der Waals surface area contributed by atoms with Gasteiger partial charge in [0, 0.05) is 23.8 Å². The molecule has 1 aliphatic heterocycles. The van der Waals surface area contributed by atoms with Crippen LogP contribution in [0.3, 0.4) is 0 Å². The minimum atomic E-state index is -0.0803. The van der Waals surface area contributed by atoms with E-state index in [1.807, 2.05) is 54.7 Å². The minimum Gasteiger partial charge on any atom is -0.495 e. The van der Waals surface area contributed by atoms with E-state index in [0.29, 0.717) is 15.9 Å². The molecule has 3 heterocycles. The summed E-state index contributed by atoms with van der Waals surface area (Å²) in [5.74, 6) is 0.631. The van der Waals surface area contributed by atoms with Crippen LogP contribution >= 0.6 is 23.8 Å². The second-order valence-corrected chi connectivity index (χ2v) is 6.73. The number of pyridine rings is 1. The molecule has 26 heavy (non-hydrogen) atoms. The molecule has 132 valence electrons. The summed E-state index contributed by atoms with van der Waals surface area (Å²) in [5, 5.41) is 4.57. The van der Waals surface area contributed by atoms with E-state index in [9.17, 15) is 0 Å². The van der Waals surface area contributed by atoms with Crippen LogP contribution in [0.4, 0.5) is 5.69 Å². The first-order valence-electron chi connectivity index (χ1n) is 8.16. The average Bonchev–Trinajstić information content (AvgIpc) is 3.30. The molecule has 1 fully saturated rings. The number of hydrogen-bond acceptors (Lipinski definition) is 3. The molecule has 0 radical (unpaired) electrons. The smallest absolute Gasteiger partial charge is 0.174 e. The van der Waals surface area contributed by atoms with Crippen molar-refractivity contribution in [2.75, 3.05) is 12.0 Å². The number of ether oxygens (including phenoxy) is 1. The molecule has 2 N–H and O–H groups in total. The van der Waals surface area contributed by atoms with Crippen molar-refractivity contribution in [1.82, 2.24) is 15.3 Å². The standard InChI is InChI=1S/C19H17ClN4OS/c1-25-16-8-7-12(11-13(16)20)24-18(15-6-4-10-22-15)17(23-19(24)26)14-5-2-3-9-21-14/h2-11,17-18,22H,1H3,(H,23,26)/t17-,18-/m0/s1. The summed E-state index contributed by atoms with van der Waals surface area (Å²) >= 11 is 12.0. The van der Waals surface area contributed by atoms with Crippen molar-refractivity contribution >= 4 is 34.6 Å². The number of anilines is 1. The lowest BCUT2D eigenvalue weighted by Gasteiger charge is -2.27. The number of nitrogens with one attached hydrogen (secondary N) is 2. The van der Waals surface area contributed by atoms with Gasteiger partial charge in [-0.1, -0.05) is 17.7 Å². The molecule has 0 spiro atoms. The van der Waals surface area contributed by atoms with E-state index in [1.165, 1.54) is 0 Å².